The molecule has 0 saturated heterocycles. The third kappa shape index (κ3) is 5.42. The third-order valence-electron chi connectivity index (χ3n) is 3.17. The van der Waals surface area contributed by atoms with Crippen molar-refractivity contribution < 1.29 is 8.78 Å². The second-order valence-electron chi connectivity index (χ2n) is 4.89. The van der Waals surface area contributed by atoms with Gasteiger partial charge in [0.1, 0.15) is 17.5 Å². The highest BCUT2D eigenvalue weighted by Crippen LogP contribution is 2.18. The van der Waals surface area contributed by atoms with E-state index in [2.05, 4.69) is 38.6 Å². The number of hydrogen-bond donors (Lipinski definition) is 1. The second kappa shape index (κ2) is 9.17. The van der Waals surface area contributed by atoms with Crippen LogP contribution in [0.4, 0.5) is 14.6 Å². The Bertz CT molecular complexity index is 815. The van der Waals surface area contributed by atoms with Crippen molar-refractivity contribution in [3.8, 4) is 0 Å². The first kappa shape index (κ1) is 18.1. The van der Waals surface area contributed by atoms with Gasteiger partial charge in [0.2, 0.25) is 0 Å². The summed E-state index contributed by atoms with van der Waals surface area (Å²) in [6.45, 7) is 7.36. The molecule has 0 amide bonds. The molecule has 0 radical (unpaired) electrons. The van der Waals surface area contributed by atoms with Crippen LogP contribution >= 0.6 is 0 Å². The molecule has 1 N–H and O–H groups in total. The zero-order chi connectivity index (χ0) is 18.1. The Morgan fingerprint density at radius 2 is 2.12 bits per heavy atom. The average Bonchev–Trinajstić information content (AvgIpc) is 2.60. The van der Waals surface area contributed by atoms with E-state index >= 15 is 0 Å². The lowest BCUT2D eigenvalue weighted by Crippen LogP contribution is -2.06. The highest BCUT2D eigenvalue weighted by atomic mass is 19.1. The molecular weight excluding hydrogens is 324 g/mol. The minimum absolute atomic E-state index is 0.198. The molecule has 0 saturated carbocycles. The number of aliphatic imine (C=N–C) groups is 2. The fourth-order valence-corrected chi connectivity index (χ4v) is 2.07. The van der Waals surface area contributed by atoms with Crippen LogP contribution in [-0.2, 0) is 13.1 Å². The second-order valence-corrected chi connectivity index (χ2v) is 4.89. The van der Waals surface area contributed by atoms with Gasteiger partial charge in [0, 0.05) is 36.8 Å². The highest BCUT2D eigenvalue weighted by molar-refractivity contribution is 5.70. The Balaban J connectivity index is 2.05. The standard InChI is InChI=1S/C18H17F2N5/c1-3-15-13(9-14(19)10-16(15)20)11-24-17-5-8-23-18(25-17)12-22-7-4-6-21-2/h3-10H,1-2,11-12H2,(H,23,24,25)/b6-4-,22-7?. The van der Waals surface area contributed by atoms with E-state index < -0.39 is 11.6 Å². The lowest BCUT2D eigenvalue weighted by Gasteiger charge is -2.10. The number of hydrogen-bond acceptors (Lipinski definition) is 5. The largest absolute Gasteiger partial charge is 0.366 e. The molecule has 0 atom stereocenters. The Kier molecular flexibility index (Phi) is 6.65. The van der Waals surface area contributed by atoms with E-state index in [1.165, 1.54) is 18.3 Å². The number of allylic oxidation sites excluding steroid dienone is 1. The van der Waals surface area contributed by atoms with Gasteiger partial charge in [0.25, 0.3) is 0 Å². The average molecular weight is 341 g/mol. The molecule has 0 aliphatic heterocycles. The first-order valence-corrected chi connectivity index (χ1v) is 7.41. The third-order valence-corrected chi connectivity index (χ3v) is 3.17. The summed E-state index contributed by atoms with van der Waals surface area (Å²) in [6.07, 6.45) is 7.67. The summed E-state index contributed by atoms with van der Waals surface area (Å²) in [5, 5.41) is 3.02. The van der Waals surface area contributed by atoms with Crippen molar-refractivity contribution in [1.82, 2.24) is 9.97 Å². The summed E-state index contributed by atoms with van der Waals surface area (Å²) in [7, 11) is 0. The molecule has 0 aliphatic carbocycles. The lowest BCUT2D eigenvalue weighted by molar-refractivity contribution is 0.578. The summed E-state index contributed by atoms with van der Waals surface area (Å²) in [6, 6.07) is 3.76. The molecule has 0 unspecified atom stereocenters. The molecule has 7 heteroatoms. The maximum Gasteiger partial charge on any atom is 0.152 e. The Morgan fingerprint density at radius 3 is 2.88 bits per heavy atom. The summed E-state index contributed by atoms with van der Waals surface area (Å²) < 4.78 is 27.1. The van der Waals surface area contributed by atoms with Crippen molar-refractivity contribution in [3.63, 3.8) is 0 Å². The topological polar surface area (TPSA) is 62.5 Å². The van der Waals surface area contributed by atoms with Gasteiger partial charge in [0.15, 0.2) is 5.82 Å². The minimum Gasteiger partial charge on any atom is -0.366 e. The molecular formula is C18H17F2N5. The highest BCUT2D eigenvalue weighted by Gasteiger charge is 2.09. The number of halogens is 2. The van der Waals surface area contributed by atoms with Crippen LogP contribution in [-0.4, -0.2) is 22.9 Å². The number of rotatable bonds is 8. The number of benzene rings is 1. The summed E-state index contributed by atoms with van der Waals surface area (Å²) in [5.74, 6) is -0.245. The van der Waals surface area contributed by atoms with E-state index in [9.17, 15) is 8.78 Å². The predicted octanol–water partition coefficient (Wildman–Crippen LogP) is 3.80. The molecule has 0 fully saturated rings. The number of anilines is 1. The molecule has 1 aromatic carbocycles. The normalized spacial score (nSPS) is 11.1. The van der Waals surface area contributed by atoms with Gasteiger partial charge in [-0.25, -0.2) is 18.7 Å². The Hall–Kier alpha value is -3.22. The molecule has 5 nitrogen and oxygen atoms in total. The van der Waals surface area contributed by atoms with Crippen LogP contribution in [0.1, 0.15) is 17.0 Å². The van der Waals surface area contributed by atoms with Gasteiger partial charge in [-0.1, -0.05) is 12.7 Å². The van der Waals surface area contributed by atoms with Crippen LogP contribution in [0.5, 0.6) is 0 Å². The van der Waals surface area contributed by atoms with E-state index in [1.54, 1.807) is 24.6 Å². The SMILES string of the molecule is C=Cc1c(F)cc(F)cc1CNc1ccnc(CN=C/C=C\N=C)n1. The van der Waals surface area contributed by atoms with Crippen molar-refractivity contribution in [1.29, 1.82) is 0 Å². The summed E-state index contributed by atoms with van der Waals surface area (Å²) >= 11 is 0. The molecule has 2 rings (SSSR count). The van der Waals surface area contributed by atoms with Crippen LogP contribution in [0.15, 0.2) is 53.2 Å². The molecule has 0 aliphatic rings. The van der Waals surface area contributed by atoms with Gasteiger partial charge in [-0.05, 0) is 30.5 Å². The molecule has 25 heavy (non-hydrogen) atoms. The fraction of sp³-hybridized carbons (Fsp3) is 0.111. The summed E-state index contributed by atoms with van der Waals surface area (Å²) in [5.41, 5.74) is 0.711. The predicted molar refractivity (Wildman–Crippen MR) is 96.7 cm³/mol. The monoisotopic (exact) mass is 341 g/mol. The maximum absolute atomic E-state index is 13.7. The van der Waals surface area contributed by atoms with Gasteiger partial charge in [-0.2, -0.15) is 0 Å². The molecule has 2 aromatic rings. The number of aromatic nitrogens is 2. The zero-order valence-corrected chi connectivity index (χ0v) is 13.5. The van der Waals surface area contributed by atoms with Crippen LogP contribution in [0.25, 0.3) is 6.08 Å². The van der Waals surface area contributed by atoms with E-state index in [1.807, 2.05) is 0 Å². The van der Waals surface area contributed by atoms with Crippen LogP contribution < -0.4 is 5.32 Å². The molecule has 1 aromatic heterocycles. The Labute approximate surface area is 144 Å². The van der Waals surface area contributed by atoms with E-state index in [0.717, 1.165) is 6.07 Å². The minimum atomic E-state index is -0.647. The maximum atomic E-state index is 13.7. The molecule has 128 valence electrons. The van der Waals surface area contributed by atoms with Gasteiger partial charge < -0.3 is 5.32 Å². The van der Waals surface area contributed by atoms with Crippen molar-refractivity contribution in [2.45, 2.75) is 13.1 Å². The Morgan fingerprint density at radius 1 is 1.28 bits per heavy atom. The zero-order valence-electron chi connectivity index (χ0n) is 13.5. The number of nitrogens with one attached hydrogen (secondary N) is 1. The van der Waals surface area contributed by atoms with E-state index in [4.69, 9.17) is 0 Å². The van der Waals surface area contributed by atoms with Gasteiger partial charge in [-0.3, -0.25) is 9.98 Å². The van der Waals surface area contributed by atoms with Gasteiger partial charge in [-0.15, -0.1) is 0 Å². The van der Waals surface area contributed by atoms with Crippen LogP contribution in [0.3, 0.4) is 0 Å². The van der Waals surface area contributed by atoms with Crippen molar-refractivity contribution in [2.75, 3.05) is 5.32 Å². The van der Waals surface area contributed by atoms with E-state index in [0.29, 0.717) is 23.8 Å². The molecule has 0 spiro atoms. The van der Waals surface area contributed by atoms with Crippen LogP contribution in [0, 0.1) is 11.6 Å². The number of nitrogens with zero attached hydrogens (tertiary/aromatic N) is 4. The van der Waals surface area contributed by atoms with Gasteiger partial charge in [0.05, 0.1) is 6.54 Å². The quantitative estimate of drug-likeness (QED) is 0.743. The van der Waals surface area contributed by atoms with Crippen molar-refractivity contribution in [2.24, 2.45) is 9.98 Å². The van der Waals surface area contributed by atoms with Crippen LogP contribution in [0.2, 0.25) is 0 Å². The van der Waals surface area contributed by atoms with E-state index in [-0.39, 0.29) is 12.1 Å². The first-order valence-electron chi connectivity index (χ1n) is 7.41. The van der Waals surface area contributed by atoms with Gasteiger partial charge >= 0.3 is 0 Å². The lowest BCUT2D eigenvalue weighted by atomic mass is 10.1. The molecule has 1 heterocycles. The first-order chi connectivity index (χ1) is 12.1. The summed E-state index contributed by atoms with van der Waals surface area (Å²) in [4.78, 5) is 16.1. The fourth-order valence-electron chi connectivity index (χ4n) is 2.07. The smallest absolute Gasteiger partial charge is 0.152 e. The van der Waals surface area contributed by atoms with Crippen molar-refractivity contribution in [3.05, 3.63) is 71.8 Å². The van der Waals surface area contributed by atoms with Crippen molar-refractivity contribution >= 4 is 24.8 Å². The molecule has 0 bridgehead atoms.